The molecule has 2 aromatic carbocycles. The molecule has 0 saturated carbocycles. The van der Waals surface area contributed by atoms with Crippen molar-refractivity contribution in [1.82, 2.24) is 5.32 Å². The molecule has 1 fully saturated rings. The maximum absolute atomic E-state index is 13.2. The Balaban J connectivity index is 1.74. The van der Waals surface area contributed by atoms with E-state index in [0.29, 0.717) is 13.2 Å². The van der Waals surface area contributed by atoms with Crippen LogP contribution in [-0.2, 0) is 10.3 Å². The second kappa shape index (κ2) is 5.76. The molecule has 0 amide bonds. The van der Waals surface area contributed by atoms with Gasteiger partial charge >= 0.3 is 0 Å². The van der Waals surface area contributed by atoms with Crippen LogP contribution in [0.1, 0.15) is 24.2 Å². The van der Waals surface area contributed by atoms with Gasteiger partial charge in [-0.1, -0.05) is 48.0 Å². The van der Waals surface area contributed by atoms with Crippen molar-refractivity contribution in [1.29, 1.82) is 0 Å². The number of benzene rings is 2. The number of halogens is 2. The molecular formula is C17H17ClFNO. The fourth-order valence-corrected chi connectivity index (χ4v) is 2.80. The molecule has 3 rings (SSSR count). The fourth-order valence-electron chi connectivity index (χ4n) is 2.61. The van der Waals surface area contributed by atoms with E-state index in [4.69, 9.17) is 16.3 Å². The molecular weight excluding hydrogens is 289 g/mol. The summed E-state index contributed by atoms with van der Waals surface area (Å²) in [6.07, 6.45) is -0.111. The van der Waals surface area contributed by atoms with Crippen LogP contribution in [0.5, 0.6) is 0 Å². The molecule has 21 heavy (non-hydrogen) atoms. The van der Waals surface area contributed by atoms with Gasteiger partial charge in [0.25, 0.3) is 0 Å². The van der Waals surface area contributed by atoms with Gasteiger partial charge in [-0.25, -0.2) is 4.39 Å². The summed E-state index contributed by atoms with van der Waals surface area (Å²) in [7, 11) is 0. The highest BCUT2D eigenvalue weighted by molar-refractivity contribution is 6.30. The molecule has 110 valence electrons. The van der Waals surface area contributed by atoms with Gasteiger partial charge in [-0.15, -0.1) is 0 Å². The summed E-state index contributed by atoms with van der Waals surface area (Å²) in [6, 6.07) is 15.0. The summed E-state index contributed by atoms with van der Waals surface area (Å²) in [5, 5.41) is 3.66. The van der Waals surface area contributed by atoms with Crippen LogP contribution in [0.4, 0.5) is 4.39 Å². The normalized spacial score (nSPS) is 25.8. The quantitative estimate of drug-likeness (QED) is 0.903. The number of hydrogen-bond donors (Lipinski definition) is 1. The topological polar surface area (TPSA) is 21.3 Å². The smallest absolute Gasteiger partial charge is 0.141 e. The van der Waals surface area contributed by atoms with E-state index in [1.54, 1.807) is 12.1 Å². The largest absolute Gasteiger partial charge is 0.370 e. The number of nitrogens with one attached hydrogen (secondary N) is 1. The summed E-state index contributed by atoms with van der Waals surface area (Å²) < 4.78 is 19.2. The Labute approximate surface area is 128 Å². The van der Waals surface area contributed by atoms with Crippen LogP contribution >= 0.6 is 11.6 Å². The number of ether oxygens (including phenoxy) is 1. The molecule has 2 atom stereocenters. The average molecular weight is 306 g/mol. The van der Waals surface area contributed by atoms with Crippen molar-refractivity contribution in [2.24, 2.45) is 0 Å². The van der Waals surface area contributed by atoms with E-state index in [1.807, 2.05) is 18.2 Å². The minimum Gasteiger partial charge on any atom is -0.370 e. The van der Waals surface area contributed by atoms with Gasteiger partial charge in [0.2, 0.25) is 0 Å². The molecule has 0 aromatic heterocycles. The van der Waals surface area contributed by atoms with Crippen LogP contribution in [-0.4, -0.2) is 13.2 Å². The number of hydrogen-bond acceptors (Lipinski definition) is 2. The highest BCUT2D eigenvalue weighted by atomic mass is 35.5. The summed E-state index contributed by atoms with van der Waals surface area (Å²) >= 11 is 5.83. The molecule has 1 heterocycles. The highest BCUT2D eigenvalue weighted by Gasteiger charge is 2.33. The van der Waals surface area contributed by atoms with Crippen LogP contribution in [0.3, 0.4) is 0 Å². The third-order valence-corrected chi connectivity index (χ3v) is 4.27. The van der Waals surface area contributed by atoms with Crippen molar-refractivity contribution in [3.05, 3.63) is 70.5 Å². The van der Waals surface area contributed by atoms with Crippen molar-refractivity contribution in [3.8, 4) is 0 Å². The minimum atomic E-state index is -0.404. The molecule has 0 bridgehead atoms. The van der Waals surface area contributed by atoms with Crippen LogP contribution in [0.25, 0.3) is 0 Å². The third kappa shape index (κ3) is 2.95. The first kappa shape index (κ1) is 14.5. The lowest BCUT2D eigenvalue weighted by molar-refractivity contribution is -0.0308. The summed E-state index contributed by atoms with van der Waals surface area (Å²) in [5.41, 5.74) is 1.88. The van der Waals surface area contributed by atoms with Crippen molar-refractivity contribution in [3.63, 3.8) is 0 Å². The van der Waals surface area contributed by atoms with Gasteiger partial charge in [0.15, 0.2) is 0 Å². The van der Waals surface area contributed by atoms with Gasteiger partial charge in [0.05, 0.1) is 23.3 Å². The maximum atomic E-state index is 13.2. The SMILES string of the molecule is CC1(c2ccccc2)COC(c2ccc(F)c(Cl)c2)CN1. The maximum Gasteiger partial charge on any atom is 0.141 e. The lowest BCUT2D eigenvalue weighted by Crippen LogP contribution is -2.50. The van der Waals surface area contributed by atoms with Crippen LogP contribution in [0, 0.1) is 5.82 Å². The molecule has 2 aromatic rings. The standard InChI is InChI=1S/C17H17ClFNO/c1-17(13-5-3-2-4-6-13)11-21-16(10-20-17)12-7-8-15(19)14(18)9-12/h2-9,16,20H,10-11H2,1H3. The summed E-state index contributed by atoms with van der Waals surface area (Å²) in [4.78, 5) is 0. The van der Waals surface area contributed by atoms with E-state index in [1.165, 1.54) is 11.6 Å². The zero-order chi connectivity index (χ0) is 14.9. The molecule has 0 aliphatic carbocycles. The molecule has 0 radical (unpaired) electrons. The summed E-state index contributed by atoms with van der Waals surface area (Å²) in [5.74, 6) is -0.404. The predicted molar refractivity (Wildman–Crippen MR) is 81.9 cm³/mol. The van der Waals surface area contributed by atoms with Gasteiger partial charge in [-0.05, 0) is 30.2 Å². The Morgan fingerprint density at radius 3 is 2.62 bits per heavy atom. The first-order valence-corrected chi connectivity index (χ1v) is 7.33. The Hall–Kier alpha value is -1.42. The molecule has 0 spiro atoms. The van der Waals surface area contributed by atoms with Crippen molar-refractivity contribution in [2.75, 3.05) is 13.2 Å². The van der Waals surface area contributed by atoms with Gasteiger partial charge in [0.1, 0.15) is 5.82 Å². The highest BCUT2D eigenvalue weighted by Crippen LogP contribution is 2.31. The molecule has 1 aliphatic heterocycles. The van der Waals surface area contributed by atoms with Crippen LogP contribution in [0.15, 0.2) is 48.5 Å². The fraction of sp³-hybridized carbons (Fsp3) is 0.294. The molecule has 1 N–H and O–H groups in total. The molecule has 4 heteroatoms. The lowest BCUT2D eigenvalue weighted by Gasteiger charge is -2.39. The Morgan fingerprint density at radius 1 is 1.24 bits per heavy atom. The molecule has 2 nitrogen and oxygen atoms in total. The molecule has 1 saturated heterocycles. The summed E-state index contributed by atoms with van der Waals surface area (Å²) in [6.45, 7) is 3.33. The molecule has 2 unspecified atom stereocenters. The van der Waals surface area contributed by atoms with E-state index >= 15 is 0 Å². The number of rotatable bonds is 2. The second-order valence-corrected chi connectivity index (χ2v) is 5.96. The van der Waals surface area contributed by atoms with E-state index < -0.39 is 5.82 Å². The second-order valence-electron chi connectivity index (χ2n) is 5.55. The third-order valence-electron chi connectivity index (χ3n) is 3.98. The van der Waals surface area contributed by atoms with Crippen LogP contribution in [0.2, 0.25) is 5.02 Å². The zero-order valence-electron chi connectivity index (χ0n) is 11.8. The predicted octanol–water partition coefficient (Wildman–Crippen LogP) is 4.06. The Kier molecular flexibility index (Phi) is 3.98. The van der Waals surface area contributed by atoms with Gasteiger partial charge < -0.3 is 10.1 Å². The zero-order valence-corrected chi connectivity index (χ0v) is 12.5. The van der Waals surface area contributed by atoms with Crippen molar-refractivity contribution in [2.45, 2.75) is 18.6 Å². The average Bonchev–Trinajstić information content (AvgIpc) is 2.52. The molecule has 1 aliphatic rings. The Morgan fingerprint density at radius 2 is 2.00 bits per heavy atom. The van der Waals surface area contributed by atoms with E-state index in [0.717, 1.165) is 5.56 Å². The first-order chi connectivity index (χ1) is 10.1. The van der Waals surface area contributed by atoms with E-state index in [2.05, 4.69) is 24.4 Å². The Bertz CT molecular complexity index is 624. The van der Waals surface area contributed by atoms with Gasteiger partial charge in [0, 0.05) is 6.54 Å². The first-order valence-electron chi connectivity index (χ1n) is 6.96. The monoisotopic (exact) mass is 305 g/mol. The van der Waals surface area contributed by atoms with E-state index in [-0.39, 0.29) is 16.7 Å². The lowest BCUT2D eigenvalue weighted by atomic mass is 9.90. The van der Waals surface area contributed by atoms with E-state index in [9.17, 15) is 4.39 Å². The van der Waals surface area contributed by atoms with Crippen LogP contribution < -0.4 is 5.32 Å². The minimum absolute atomic E-state index is 0.111. The van der Waals surface area contributed by atoms with Crippen molar-refractivity contribution < 1.29 is 9.13 Å². The van der Waals surface area contributed by atoms with Crippen molar-refractivity contribution >= 4 is 11.6 Å². The van der Waals surface area contributed by atoms with Gasteiger partial charge in [-0.3, -0.25) is 0 Å². The number of morpholine rings is 1. The van der Waals surface area contributed by atoms with Gasteiger partial charge in [-0.2, -0.15) is 0 Å².